The molecule has 0 heterocycles. The summed E-state index contributed by atoms with van der Waals surface area (Å²) in [6.07, 6.45) is 1.92. The van der Waals surface area contributed by atoms with Crippen LogP contribution in [0.25, 0.3) is 0 Å². The summed E-state index contributed by atoms with van der Waals surface area (Å²) in [5.74, 6) is -0.155. The molecule has 4 nitrogen and oxygen atoms in total. The molecule has 0 aliphatic heterocycles. The molecule has 0 aliphatic rings. The van der Waals surface area contributed by atoms with E-state index in [0.29, 0.717) is 5.69 Å². The van der Waals surface area contributed by atoms with E-state index in [-0.39, 0.29) is 17.7 Å². The van der Waals surface area contributed by atoms with Gasteiger partial charge >= 0.3 is 0 Å². The second-order valence-corrected chi connectivity index (χ2v) is 6.58. The number of benzene rings is 2. The second-order valence-electron chi connectivity index (χ2n) is 6.58. The summed E-state index contributed by atoms with van der Waals surface area (Å²) in [5.41, 5.74) is 12.1. The SMILES string of the molecule is CC(C)(C)c1ccc(/C=N\NC(=O)Cc2ccc(N)cc2)cc1. The topological polar surface area (TPSA) is 67.5 Å². The Kier molecular flexibility index (Phi) is 5.16. The minimum absolute atomic E-state index is 0.128. The van der Waals surface area contributed by atoms with Crippen molar-refractivity contribution in [2.45, 2.75) is 32.6 Å². The molecular weight excluding hydrogens is 286 g/mol. The highest BCUT2D eigenvalue weighted by Gasteiger charge is 2.12. The first kappa shape index (κ1) is 16.7. The van der Waals surface area contributed by atoms with Gasteiger partial charge in [0.25, 0.3) is 0 Å². The molecule has 0 aliphatic carbocycles. The van der Waals surface area contributed by atoms with Crippen LogP contribution in [0, 0.1) is 0 Å². The van der Waals surface area contributed by atoms with Crippen molar-refractivity contribution >= 4 is 17.8 Å². The number of nitrogens with two attached hydrogens (primary N) is 1. The zero-order chi connectivity index (χ0) is 16.9. The van der Waals surface area contributed by atoms with Crippen LogP contribution in [-0.4, -0.2) is 12.1 Å². The van der Waals surface area contributed by atoms with Gasteiger partial charge in [-0.1, -0.05) is 57.2 Å². The first-order chi connectivity index (χ1) is 10.8. The summed E-state index contributed by atoms with van der Waals surface area (Å²) < 4.78 is 0. The molecule has 120 valence electrons. The maximum Gasteiger partial charge on any atom is 0.244 e. The van der Waals surface area contributed by atoms with Gasteiger partial charge in [0.1, 0.15) is 0 Å². The Labute approximate surface area is 137 Å². The van der Waals surface area contributed by atoms with E-state index in [9.17, 15) is 4.79 Å². The van der Waals surface area contributed by atoms with Crippen molar-refractivity contribution in [2.24, 2.45) is 5.10 Å². The Hall–Kier alpha value is -2.62. The third-order valence-electron chi connectivity index (χ3n) is 3.52. The van der Waals surface area contributed by atoms with Crippen LogP contribution in [0.5, 0.6) is 0 Å². The first-order valence-electron chi connectivity index (χ1n) is 7.61. The third-order valence-corrected chi connectivity index (χ3v) is 3.52. The van der Waals surface area contributed by atoms with Gasteiger partial charge in [-0.2, -0.15) is 5.10 Å². The molecule has 4 heteroatoms. The van der Waals surface area contributed by atoms with Crippen LogP contribution in [0.2, 0.25) is 0 Å². The van der Waals surface area contributed by atoms with Gasteiger partial charge in [0.2, 0.25) is 5.91 Å². The predicted octanol–water partition coefficient (Wildman–Crippen LogP) is 3.26. The number of hydrogen-bond donors (Lipinski definition) is 2. The maximum atomic E-state index is 11.8. The highest BCUT2D eigenvalue weighted by Crippen LogP contribution is 2.21. The highest BCUT2D eigenvalue weighted by atomic mass is 16.2. The number of anilines is 1. The summed E-state index contributed by atoms with van der Waals surface area (Å²) in [7, 11) is 0. The van der Waals surface area contributed by atoms with Gasteiger partial charge < -0.3 is 5.73 Å². The molecule has 0 radical (unpaired) electrons. The molecule has 2 rings (SSSR count). The van der Waals surface area contributed by atoms with Crippen molar-refractivity contribution in [3.63, 3.8) is 0 Å². The first-order valence-corrected chi connectivity index (χ1v) is 7.61. The largest absolute Gasteiger partial charge is 0.399 e. The van der Waals surface area contributed by atoms with Crippen LogP contribution < -0.4 is 11.2 Å². The number of nitrogen functional groups attached to an aromatic ring is 1. The van der Waals surface area contributed by atoms with E-state index in [4.69, 9.17) is 5.73 Å². The van der Waals surface area contributed by atoms with Crippen LogP contribution in [0.3, 0.4) is 0 Å². The Morgan fingerprint density at radius 2 is 1.70 bits per heavy atom. The molecule has 0 unspecified atom stereocenters. The summed E-state index contributed by atoms with van der Waals surface area (Å²) in [6.45, 7) is 6.52. The molecule has 3 N–H and O–H groups in total. The lowest BCUT2D eigenvalue weighted by Crippen LogP contribution is -2.19. The van der Waals surface area contributed by atoms with Gasteiger partial charge in [0.15, 0.2) is 0 Å². The Morgan fingerprint density at radius 1 is 1.09 bits per heavy atom. The van der Waals surface area contributed by atoms with Crippen molar-refractivity contribution in [3.05, 3.63) is 65.2 Å². The lowest BCUT2D eigenvalue weighted by molar-refractivity contribution is -0.120. The monoisotopic (exact) mass is 309 g/mol. The number of nitrogens with zero attached hydrogens (tertiary/aromatic N) is 1. The number of carbonyl (C=O) groups excluding carboxylic acids is 1. The van der Waals surface area contributed by atoms with Gasteiger partial charge in [0, 0.05) is 5.69 Å². The number of hydrogen-bond acceptors (Lipinski definition) is 3. The molecule has 0 spiro atoms. The molecule has 2 aromatic rings. The minimum Gasteiger partial charge on any atom is -0.399 e. The Balaban J connectivity index is 1.88. The quantitative estimate of drug-likeness (QED) is 0.517. The smallest absolute Gasteiger partial charge is 0.244 e. The van der Waals surface area contributed by atoms with E-state index in [1.165, 1.54) is 5.56 Å². The predicted molar refractivity (Wildman–Crippen MR) is 95.4 cm³/mol. The van der Waals surface area contributed by atoms with Crippen molar-refractivity contribution in [2.75, 3.05) is 5.73 Å². The number of hydrazone groups is 1. The Bertz CT molecular complexity index is 680. The van der Waals surface area contributed by atoms with Crippen molar-refractivity contribution in [1.82, 2.24) is 5.43 Å². The zero-order valence-electron chi connectivity index (χ0n) is 13.8. The average molecular weight is 309 g/mol. The molecule has 0 atom stereocenters. The molecule has 0 bridgehead atoms. The molecule has 0 aromatic heterocycles. The minimum atomic E-state index is -0.155. The van der Waals surface area contributed by atoms with E-state index in [1.807, 2.05) is 24.3 Å². The number of rotatable bonds is 4. The molecule has 23 heavy (non-hydrogen) atoms. The Morgan fingerprint density at radius 3 is 2.26 bits per heavy atom. The summed E-state index contributed by atoms with van der Waals surface area (Å²) >= 11 is 0. The standard InChI is InChI=1S/C19H23N3O/c1-19(2,3)16-8-4-15(5-9-16)13-21-22-18(23)12-14-6-10-17(20)11-7-14/h4-11,13H,12,20H2,1-3H3,(H,22,23)/b21-13-. The van der Waals surface area contributed by atoms with Crippen molar-refractivity contribution < 1.29 is 4.79 Å². The van der Waals surface area contributed by atoms with Crippen molar-refractivity contribution in [3.8, 4) is 0 Å². The van der Waals surface area contributed by atoms with Crippen molar-refractivity contribution in [1.29, 1.82) is 0 Å². The number of carbonyl (C=O) groups is 1. The maximum absolute atomic E-state index is 11.8. The molecular formula is C19H23N3O. The van der Waals surface area contributed by atoms with E-state index in [2.05, 4.69) is 43.4 Å². The van der Waals surface area contributed by atoms with E-state index in [1.54, 1.807) is 18.3 Å². The summed E-state index contributed by atoms with van der Waals surface area (Å²) in [6, 6.07) is 15.4. The summed E-state index contributed by atoms with van der Waals surface area (Å²) in [4.78, 5) is 11.8. The zero-order valence-corrected chi connectivity index (χ0v) is 13.8. The second kappa shape index (κ2) is 7.09. The van der Waals surface area contributed by atoms with Crippen LogP contribution >= 0.6 is 0 Å². The third kappa shape index (κ3) is 5.25. The highest BCUT2D eigenvalue weighted by molar-refractivity contribution is 5.83. The van der Waals surface area contributed by atoms with Crippen LogP contribution in [0.15, 0.2) is 53.6 Å². The number of amides is 1. The molecule has 0 fully saturated rings. The van der Waals surface area contributed by atoms with Gasteiger partial charge in [-0.3, -0.25) is 4.79 Å². The van der Waals surface area contributed by atoms with Crippen LogP contribution in [0.1, 0.15) is 37.5 Å². The van der Waals surface area contributed by atoms with Crippen LogP contribution in [-0.2, 0) is 16.6 Å². The average Bonchev–Trinajstić information content (AvgIpc) is 2.49. The fourth-order valence-corrected chi connectivity index (χ4v) is 2.11. The van der Waals surface area contributed by atoms with Gasteiger partial charge in [-0.05, 0) is 34.2 Å². The van der Waals surface area contributed by atoms with Crippen LogP contribution in [0.4, 0.5) is 5.69 Å². The van der Waals surface area contributed by atoms with Gasteiger partial charge in [-0.25, -0.2) is 5.43 Å². The van der Waals surface area contributed by atoms with E-state index >= 15 is 0 Å². The molecule has 2 aromatic carbocycles. The lowest BCUT2D eigenvalue weighted by Gasteiger charge is -2.18. The van der Waals surface area contributed by atoms with E-state index in [0.717, 1.165) is 11.1 Å². The lowest BCUT2D eigenvalue weighted by atomic mass is 9.87. The molecule has 0 saturated carbocycles. The summed E-state index contributed by atoms with van der Waals surface area (Å²) in [5, 5.41) is 4.00. The number of nitrogens with one attached hydrogen (secondary N) is 1. The molecule has 0 saturated heterocycles. The fourth-order valence-electron chi connectivity index (χ4n) is 2.11. The molecule has 1 amide bonds. The normalized spacial score (nSPS) is 11.6. The van der Waals surface area contributed by atoms with Gasteiger partial charge in [-0.15, -0.1) is 0 Å². The van der Waals surface area contributed by atoms with E-state index < -0.39 is 0 Å². The fraction of sp³-hybridized carbons (Fsp3) is 0.263. The van der Waals surface area contributed by atoms with Gasteiger partial charge in [0.05, 0.1) is 12.6 Å².